The number of carbonyl (C=O) groups excluding carboxylic acids is 1. The molecule has 0 spiro atoms. The lowest BCUT2D eigenvalue weighted by atomic mass is 10.0. The SMILES string of the molecule is Cc1ccccc1NS(=O)(=O)c1cc(C(=O)Nc2ccc3c4c(cccc24)CC3)ccc1Cl. The number of benzene rings is 4. The Morgan fingerprint density at radius 2 is 1.64 bits per heavy atom. The van der Waals surface area contributed by atoms with Crippen molar-refractivity contribution < 1.29 is 13.2 Å². The number of nitrogens with one attached hydrogen (secondary N) is 2. The summed E-state index contributed by atoms with van der Waals surface area (Å²) in [5, 5.41) is 5.16. The number of aryl methyl sites for hydroxylation is 3. The van der Waals surface area contributed by atoms with Gasteiger partial charge < -0.3 is 5.32 Å². The van der Waals surface area contributed by atoms with E-state index < -0.39 is 15.9 Å². The van der Waals surface area contributed by atoms with Gasteiger partial charge in [0.05, 0.1) is 10.7 Å². The van der Waals surface area contributed by atoms with Gasteiger partial charge in [0.25, 0.3) is 15.9 Å². The first-order chi connectivity index (χ1) is 15.8. The van der Waals surface area contributed by atoms with E-state index in [2.05, 4.69) is 16.1 Å². The third kappa shape index (κ3) is 3.96. The number of sulfonamides is 1. The molecule has 5 rings (SSSR count). The summed E-state index contributed by atoms with van der Waals surface area (Å²) in [6.07, 6.45) is 1.99. The first kappa shape index (κ1) is 21.5. The van der Waals surface area contributed by atoms with Gasteiger partial charge in [-0.3, -0.25) is 9.52 Å². The number of halogens is 1. The molecule has 1 amide bonds. The summed E-state index contributed by atoms with van der Waals surface area (Å²) in [5.41, 5.74) is 4.68. The fourth-order valence-corrected chi connectivity index (χ4v) is 5.95. The molecule has 0 radical (unpaired) electrons. The van der Waals surface area contributed by atoms with Crippen molar-refractivity contribution in [1.82, 2.24) is 0 Å². The zero-order valence-electron chi connectivity index (χ0n) is 17.9. The van der Waals surface area contributed by atoms with Crippen molar-refractivity contribution in [3.8, 4) is 0 Å². The molecule has 0 saturated heterocycles. The molecule has 5 nitrogen and oxygen atoms in total. The predicted molar refractivity (Wildman–Crippen MR) is 133 cm³/mol. The Morgan fingerprint density at radius 3 is 2.42 bits per heavy atom. The minimum absolute atomic E-state index is 0.0398. The van der Waals surface area contributed by atoms with Crippen molar-refractivity contribution >= 4 is 49.7 Å². The second-order valence-electron chi connectivity index (χ2n) is 8.13. The fourth-order valence-electron chi connectivity index (χ4n) is 4.29. The lowest BCUT2D eigenvalue weighted by Crippen LogP contribution is -2.17. The van der Waals surface area contributed by atoms with Gasteiger partial charge in [0, 0.05) is 16.6 Å². The molecule has 2 N–H and O–H groups in total. The van der Waals surface area contributed by atoms with E-state index in [0.29, 0.717) is 11.4 Å². The maximum atomic E-state index is 13.1. The standard InChI is InChI=1S/C26H21ClN2O3S/c1-16-5-2-3-8-22(16)29-33(31,32)24-15-19(11-13-21(24)27)26(30)28-23-14-12-18-10-9-17-6-4-7-20(23)25(17)18/h2-8,11-15,29H,9-10H2,1H3,(H,28,30). The summed E-state index contributed by atoms with van der Waals surface area (Å²) in [6.45, 7) is 1.81. The second-order valence-corrected chi connectivity index (χ2v) is 10.2. The van der Waals surface area contributed by atoms with Gasteiger partial charge in [-0.05, 0) is 72.2 Å². The van der Waals surface area contributed by atoms with Crippen LogP contribution in [0.4, 0.5) is 11.4 Å². The van der Waals surface area contributed by atoms with Crippen LogP contribution in [0.3, 0.4) is 0 Å². The molecule has 0 atom stereocenters. The molecule has 0 aliphatic heterocycles. The third-order valence-corrected chi connectivity index (χ3v) is 7.84. The molecule has 33 heavy (non-hydrogen) atoms. The van der Waals surface area contributed by atoms with Crippen molar-refractivity contribution in [3.63, 3.8) is 0 Å². The Kier molecular flexibility index (Phi) is 5.35. The van der Waals surface area contributed by atoms with Gasteiger partial charge in [0.2, 0.25) is 0 Å². The summed E-state index contributed by atoms with van der Waals surface area (Å²) in [7, 11) is -3.99. The Balaban J connectivity index is 1.47. The summed E-state index contributed by atoms with van der Waals surface area (Å²) in [4.78, 5) is 12.9. The van der Waals surface area contributed by atoms with Crippen LogP contribution >= 0.6 is 11.6 Å². The summed E-state index contributed by atoms with van der Waals surface area (Å²) >= 11 is 6.22. The van der Waals surface area contributed by atoms with E-state index in [1.54, 1.807) is 25.1 Å². The van der Waals surface area contributed by atoms with Crippen LogP contribution in [0.1, 0.15) is 27.0 Å². The molecule has 0 unspecified atom stereocenters. The molecule has 0 bridgehead atoms. The normalized spacial score (nSPS) is 12.7. The quantitative estimate of drug-likeness (QED) is 0.373. The van der Waals surface area contributed by atoms with E-state index in [9.17, 15) is 13.2 Å². The van der Waals surface area contributed by atoms with Crippen LogP contribution in [0.15, 0.2) is 77.7 Å². The molecular weight excluding hydrogens is 456 g/mol. The smallest absolute Gasteiger partial charge is 0.263 e. The molecule has 166 valence electrons. The van der Waals surface area contributed by atoms with Gasteiger partial charge in [-0.1, -0.05) is 54.1 Å². The summed E-state index contributed by atoms with van der Waals surface area (Å²) < 4.78 is 28.6. The zero-order valence-corrected chi connectivity index (χ0v) is 19.4. The molecule has 0 aromatic heterocycles. The van der Waals surface area contributed by atoms with Crippen molar-refractivity contribution in [2.75, 3.05) is 10.0 Å². The molecule has 4 aromatic rings. The van der Waals surface area contributed by atoms with E-state index >= 15 is 0 Å². The van der Waals surface area contributed by atoms with Crippen molar-refractivity contribution in [1.29, 1.82) is 0 Å². The number of hydrogen-bond donors (Lipinski definition) is 2. The number of hydrogen-bond acceptors (Lipinski definition) is 3. The minimum Gasteiger partial charge on any atom is -0.321 e. The summed E-state index contributed by atoms with van der Waals surface area (Å²) in [6, 6.07) is 21.3. The second kappa shape index (κ2) is 8.21. The van der Waals surface area contributed by atoms with E-state index in [4.69, 9.17) is 11.6 Å². The Bertz CT molecular complexity index is 1520. The van der Waals surface area contributed by atoms with Crippen LogP contribution < -0.4 is 10.0 Å². The van der Waals surface area contributed by atoms with Crippen LogP contribution in [0.5, 0.6) is 0 Å². The van der Waals surface area contributed by atoms with Crippen LogP contribution in [-0.2, 0) is 22.9 Å². The molecule has 0 heterocycles. The van der Waals surface area contributed by atoms with Gasteiger partial charge in [0.15, 0.2) is 0 Å². The number of rotatable bonds is 5. The Morgan fingerprint density at radius 1 is 0.879 bits per heavy atom. The molecule has 0 fully saturated rings. The number of anilines is 2. The number of para-hydroxylation sites is 1. The van der Waals surface area contributed by atoms with Gasteiger partial charge in [-0.15, -0.1) is 0 Å². The fraction of sp³-hybridized carbons (Fsp3) is 0.115. The highest BCUT2D eigenvalue weighted by molar-refractivity contribution is 7.92. The van der Waals surface area contributed by atoms with Crippen molar-refractivity contribution in [2.45, 2.75) is 24.7 Å². The largest absolute Gasteiger partial charge is 0.321 e. The monoisotopic (exact) mass is 476 g/mol. The molecule has 4 aromatic carbocycles. The Hall–Kier alpha value is -3.35. The highest BCUT2D eigenvalue weighted by Gasteiger charge is 2.22. The van der Waals surface area contributed by atoms with Crippen molar-refractivity contribution in [3.05, 3.63) is 100 Å². The zero-order chi connectivity index (χ0) is 23.2. The van der Waals surface area contributed by atoms with Crippen LogP contribution in [0, 0.1) is 6.92 Å². The van der Waals surface area contributed by atoms with Crippen LogP contribution in [0.25, 0.3) is 10.8 Å². The minimum atomic E-state index is -3.99. The molecule has 1 aliphatic rings. The lowest BCUT2D eigenvalue weighted by molar-refractivity contribution is 0.102. The molecule has 0 saturated carbocycles. The van der Waals surface area contributed by atoms with E-state index in [0.717, 1.165) is 23.8 Å². The molecule has 7 heteroatoms. The van der Waals surface area contributed by atoms with E-state index in [-0.39, 0.29) is 15.5 Å². The highest BCUT2D eigenvalue weighted by atomic mass is 35.5. The first-order valence-electron chi connectivity index (χ1n) is 10.6. The van der Waals surface area contributed by atoms with Gasteiger partial charge in [-0.2, -0.15) is 0 Å². The summed E-state index contributed by atoms with van der Waals surface area (Å²) in [5.74, 6) is -0.405. The topological polar surface area (TPSA) is 75.3 Å². The van der Waals surface area contributed by atoms with Crippen LogP contribution in [0.2, 0.25) is 5.02 Å². The predicted octanol–water partition coefficient (Wildman–Crippen LogP) is 5.95. The van der Waals surface area contributed by atoms with Gasteiger partial charge in [-0.25, -0.2) is 8.42 Å². The average molecular weight is 477 g/mol. The highest BCUT2D eigenvalue weighted by Crippen LogP contribution is 2.35. The average Bonchev–Trinajstić information content (AvgIpc) is 3.22. The molecular formula is C26H21ClN2O3S. The third-order valence-electron chi connectivity index (χ3n) is 6.00. The molecule has 1 aliphatic carbocycles. The maximum Gasteiger partial charge on any atom is 0.263 e. The first-order valence-corrected chi connectivity index (χ1v) is 12.4. The van der Waals surface area contributed by atoms with Crippen LogP contribution in [-0.4, -0.2) is 14.3 Å². The van der Waals surface area contributed by atoms with Gasteiger partial charge >= 0.3 is 0 Å². The van der Waals surface area contributed by atoms with Gasteiger partial charge in [0.1, 0.15) is 4.90 Å². The van der Waals surface area contributed by atoms with E-state index in [1.807, 2.05) is 30.3 Å². The Labute approximate surface area is 197 Å². The number of carbonyl (C=O) groups is 1. The van der Waals surface area contributed by atoms with Crippen molar-refractivity contribution in [2.24, 2.45) is 0 Å². The van der Waals surface area contributed by atoms with E-state index in [1.165, 1.54) is 34.7 Å². The number of amides is 1. The lowest BCUT2D eigenvalue weighted by Gasteiger charge is -2.14. The maximum absolute atomic E-state index is 13.1.